The molecule has 2 heterocycles. The Bertz CT molecular complexity index is 1230. The second-order valence-electron chi connectivity index (χ2n) is 13.7. The minimum absolute atomic E-state index is 0.129. The zero-order chi connectivity index (χ0) is 29.7. The Hall–Kier alpha value is -2.55. The zero-order valence-corrected chi connectivity index (χ0v) is 27.5. The van der Waals surface area contributed by atoms with E-state index in [4.69, 9.17) is 0 Å². The first-order chi connectivity index (χ1) is 17.4. The predicted octanol–water partition coefficient (Wildman–Crippen LogP) is 10.9. The highest BCUT2D eigenvalue weighted by atomic mass is 15.0. The summed E-state index contributed by atoms with van der Waals surface area (Å²) in [4.78, 5) is 7.80. The van der Waals surface area contributed by atoms with E-state index in [1.807, 2.05) is 27.7 Å². The monoisotopic (exact) mass is 519 g/mol. The Labute approximate surface area is 234 Å². The van der Waals surface area contributed by atoms with Gasteiger partial charge in [-0.25, -0.2) is 4.98 Å². The van der Waals surface area contributed by atoms with E-state index in [9.17, 15) is 0 Å². The molecule has 3 heteroatoms. The fraction of sp³-hybridized carbons (Fsp3) is 0.571. The van der Waals surface area contributed by atoms with E-state index in [2.05, 4.69) is 140 Å². The van der Waals surface area contributed by atoms with Crippen molar-refractivity contribution in [1.29, 1.82) is 0 Å². The van der Waals surface area contributed by atoms with Crippen LogP contribution in [-0.4, -0.2) is 14.5 Å². The van der Waals surface area contributed by atoms with Gasteiger partial charge in [0, 0.05) is 17.3 Å². The maximum Gasteiger partial charge on any atom is 0.0932 e. The molecule has 0 atom stereocenters. The van der Waals surface area contributed by atoms with Gasteiger partial charge in [0.1, 0.15) is 0 Å². The van der Waals surface area contributed by atoms with Gasteiger partial charge in [0.2, 0.25) is 0 Å². The van der Waals surface area contributed by atoms with Crippen molar-refractivity contribution in [2.24, 2.45) is 0 Å². The molecule has 2 aromatic heterocycles. The van der Waals surface area contributed by atoms with Gasteiger partial charge >= 0.3 is 0 Å². The molecular weight excluding hydrogens is 462 g/mol. The maximum atomic E-state index is 4.50. The molecule has 0 aliphatic heterocycles. The molecule has 0 aliphatic carbocycles. The van der Waals surface area contributed by atoms with Crippen LogP contribution in [0, 0.1) is 0 Å². The molecule has 38 heavy (non-hydrogen) atoms. The topological polar surface area (TPSA) is 33.6 Å². The molecule has 0 radical (unpaired) electrons. The summed E-state index contributed by atoms with van der Waals surface area (Å²) in [7, 11) is 0. The Morgan fingerprint density at radius 2 is 1.16 bits per heavy atom. The third kappa shape index (κ3) is 7.98. The number of imidazole rings is 1. The first-order valence-electron chi connectivity index (χ1n) is 14.5. The van der Waals surface area contributed by atoms with Gasteiger partial charge in [-0.3, -0.25) is 0 Å². The van der Waals surface area contributed by atoms with Gasteiger partial charge in [-0.05, 0) is 71.2 Å². The molecule has 3 nitrogen and oxygen atoms in total. The van der Waals surface area contributed by atoms with Crippen molar-refractivity contribution in [3.63, 3.8) is 0 Å². The van der Waals surface area contributed by atoms with E-state index in [1.54, 1.807) is 6.33 Å². The standard InChI is InChI=1S/C16H23N.C15H22N2.2C2H6/c1-15(2,3)13-8-7-12-9-10-17(14(12)11-13)16(4,5)6;1-14(2,3)10-7-8-11(15(4,5)6)13-12(10)16-9-17-13;2*1-2/h7-11H,1-6H3;7-9H,1-6H3,(H,16,17);2*1-2H3. The van der Waals surface area contributed by atoms with E-state index in [0.29, 0.717) is 0 Å². The SMILES string of the molecule is CC.CC.CC(C)(C)c1ccc(C(C)(C)C)c2[nH]cnc12.CC(C)(C)c1ccc2ccn(C(C)(C)C)c2c1. The second-order valence-corrected chi connectivity index (χ2v) is 13.7. The van der Waals surface area contributed by atoms with Crippen LogP contribution >= 0.6 is 0 Å². The van der Waals surface area contributed by atoms with Crippen LogP contribution in [0.1, 0.15) is 127 Å². The van der Waals surface area contributed by atoms with Crippen LogP contribution in [0.25, 0.3) is 21.9 Å². The lowest BCUT2D eigenvalue weighted by Gasteiger charge is -2.24. The van der Waals surface area contributed by atoms with Crippen LogP contribution in [0.3, 0.4) is 0 Å². The van der Waals surface area contributed by atoms with Crippen LogP contribution in [0.15, 0.2) is 48.9 Å². The van der Waals surface area contributed by atoms with Crippen LogP contribution in [0.4, 0.5) is 0 Å². The zero-order valence-electron chi connectivity index (χ0n) is 27.5. The normalized spacial score (nSPS) is 12.2. The number of H-pyrrole nitrogens is 1. The molecule has 0 bridgehead atoms. The number of hydrogen-bond acceptors (Lipinski definition) is 1. The van der Waals surface area contributed by atoms with Gasteiger partial charge < -0.3 is 9.55 Å². The average molecular weight is 520 g/mol. The van der Waals surface area contributed by atoms with Crippen molar-refractivity contribution in [3.05, 3.63) is 65.6 Å². The number of aromatic nitrogens is 3. The summed E-state index contributed by atoms with van der Waals surface area (Å²) in [6.45, 7) is 34.9. The lowest BCUT2D eigenvalue weighted by Crippen LogP contribution is -2.20. The first kappa shape index (κ1) is 33.5. The van der Waals surface area contributed by atoms with Gasteiger partial charge in [-0.15, -0.1) is 0 Å². The minimum atomic E-state index is 0.129. The fourth-order valence-electron chi connectivity index (χ4n) is 4.44. The number of nitrogens with one attached hydrogen (secondary N) is 1. The third-order valence-electron chi connectivity index (χ3n) is 6.48. The summed E-state index contributed by atoms with van der Waals surface area (Å²) < 4.78 is 2.36. The summed E-state index contributed by atoms with van der Waals surface area (Å²) in [5, 5.41) is 1.33. The lowest BCUT2D eigenvalue weighted by atomic mass is 9.81. The highest BCUT2D eigenvalue weighted by Gasteiger charge is 2.24. The van der Waals surface area contributed by atoms with Gasteiger partial charge in [0.25, 0.3) is 0 Å². The van der Waals surface area contributed by atoms with Gasteiger partial charge in [-0.1, -0.05) is 114 Å². The fourth-order valence-corrected chi connectivity index (χ4v) is 4.44. The van der Waals surface area contributed by atoms with E-state index < -0.39 is 0 Å². The molecule has 4 aromatic rings. The Kier molecular flexibility index (Phi) is 11.0. The summed E-state index contributed by atoms with van der Waals surface area (Å²) >= 11 is 0. The molecule has 0 aliphatic rings. The molecule has 0 amide bonds. The third-order valence-corrected chi connectivity index (χ3v) is 6.48. The highest BCUT2D eigenvalue weighted by Crippen LogP contribution is 2.34. The van der Waals surface area contributed by atoms with Crippen LogP contribution in [0.2, 0.25) is 0 Å². The molecule has 0 saturated heterocycles. The number of benzene rings is 2. The van der Waals surface area contributed by atoms with Crippen molar-refractivity contribution in [3.8, 4) is 0 Å². The van der Waals surface area contributed by atoms with E-state index in [-0.39, 0.29) is 21.8 Å². The molecule has 0 unspecified atom stereocenters. The maximum absolute atomic E-state index is 4.50. The molecule has 4 rings (SSSR count). The Morgan fingerprint density at radius 1 is 0.632 bits per heavy atom. The van der Waals surface area contributed by atoms with Crippen molar-refractivity contribution < 1.29 is 0 Å². The van der Waals surface area contributed by atoms with Crippen LogP contribution < -0.4 is 0 Å². The molecule has 212 valence electrons. The summed E-state index contributed by atoms with van der Waals surface area (Å²) in [6.07, 6.45) is 3.99. The van der Waals surface area contributed by atoms with Crippen molar-refractivity contribution >= 4 is 21.9 Å². The minimum Gasteiger partial charge on any atom is -0.344 e. The Morgan fingerprint density at radius 3 is 1.63 bits per heavy atom. The molecular formula is C35H57N3. The molecule has 1 N–H and O–H groups in total. The lowest BCUT2D eigenvalue weighted by molar-refractivity contribution is 0.410. The number of aromatic amines is 1. The number of rotatable bonds is 0. The predicted molar refractivity (Wildman–Crippen MR) is 172 cm³/mol. The van der Waals surface area contributed by atoms with E-state index >= 15 is 0 Å². The Balaban J connectivity index is 0.000000336. The largest absolute Gasteiger partial charge is 0.344 e. The molecule has 0 fully saturated rings. The molecule has 0 saturated carbocycles. The van der Waals surface area contributed by atoms with Crippen molar-refractivity contribution in [2.45, 2.75) is 133 Å². The van der Waals surface area contributed by atoms with Gasteiger partial charge in [0.05, 0.1) is 17.4 Å². The van der Waals surface area contributed by atoms with Crippen LogP contribution in [-0.2, 0) is 21.8 Å². The second kappa shape index (κ2) is 12.5. The first-order valence-corrected chi connectivity index (χ1v) is 14.5. The number of nitrogens with zero attached hydrogens (tertiary/aromatic N) is 2. The van der Waals surface area contributed by atoms with Crippen LogP contribution in [0.5, 0.6) is 0 Å². The molecule has 2 aromatic carbocycles. The summed E-state index contributed by atoms with van der Waals surface area (Å²) in [5.41, 5.74) is 8.29. The van der Waals surface area contributed by atoms with E-state index in [1.165, 1.54) is 33.1 Å². The van der Waals surface area contributed by atoms with Gasteiger partial charge in [-0.2, -0.15) is 0 Å². The number of hydrogen-bond donors (Lipinski definition) is 1. The number of fused-ring (bicyclic) bond motifs is 2. The van der Waals surface area contributed by atoms with Crippen molar-refractivity contribution in [2.75, 3.05) is 0 Å². The highest BCUT2D eigenvalue weighted by molar-refractivity contribution is 5.83. The van der Waals surface area contributed by atoms with E-state index in [0.717, 1.165) is 5.52 Å². The molecule has 0 spiro atoms. The van der Waals surface area contributed by atoms with Crippen molar-refractivity contribution in [1.82, 2.24) is 14.5 Å². The quantitative estimate of drug-likeness (QED) is 0.246. The summed E-state index contributed by atoms with van der Waals surface area (Å²) in [6, 6.07) is 13.5. The summed E-state index contributed by atoms with van der Waals surface area (Å²) in [5.74, 6) is 0. The average Bonchev–Trinajstić information content (AvgIpc) is 3.46. The van der Waals surface area contributed by atoms with Gasteiger partial charge in [0.15, 0.2) is 0 Å². The smallest absolute Gasteiger partial charge is 0.0932 e.